The van der Waals surface area contributed by atoms with Gasteiger partial charge in [-0.15, -0.1) is 0 Å². The zero-order chi connectivity index (χ0) is 85.3. The van der Waals surface area contributed by atoms with Crippen LogP contribution in [-0.4, -0.2) is 37.2 Å². The van der Waals surface area contributed by atoms with E-state index in [0.717, 1.165) is 4.98 Å². The van der Waals surface area contributed by atoms with Crippen LogP contribution in [0.25, 0.3) is 27.9 Å². The lowest BCUT2D eigenvalue weighted by atomic mass is 9.83. The fourth-order valence-electron chi connectivity index (χ4n) is 12.0. The Morgan fingerprint density at radius 1 is 0.191 bits per heavy atom. The predicted octanol–water partition coefficient (Wildman–Crippen LogP) is 18.8. The van der Waals surface area contributed by atoms with E-state index in [0.29, 0.717) is 9.97 Å². The topological polar surface area (TPSA) is 105 Å². The highest BCUT2D eigenvalue weighted by atomic mass is 19.2. The number of halogens is 42. The van der Waals surface area contributed by atoms with Gasteiger partial charge in [-0.3, -0.25) is 0 Å². The summed E-state index contributed by atoms with van der Waals surface area (Å²) in [7, 11) is 0. The summed E-state index contributed by atoms with van der Waals surface area (Å²) in [5, 5.41) is 6.32. The van der Waals surface area contributed by atoms with Crippen molar-refractivity contribution in [3.8, 4) is 0 Å². The molecule has 13 rings (SSSR count). The van der Waals surface area contributed by atoms with Crippen molar-refractivity contribution in [1.29, 1.82) is 0 Å². The summed E-state index contributed by atoms with van der Waals surface area (Å²) in [5.74, 6) is -155. The SMILES string of the molecule is OC1(c2c(F)c(F)c(F)c(F)c2F)C2=N/C(=C(/c3c(F)c(F)c(F)c(F)c3F)c3[nH]c(c(F)c3F)/C(c3c(F)c(F)c(F)c(F)c3F)=C3N=C(C(F)=C\3F)/C(c3c(F)c(F)c(F)c(F)c3F)=c3\[nH]/c(c(F)c3F)=C(/c3c(F)c(F)c(F)c(F)c3F)C3=N/C(=C(/c4c(F)c(F)c(F)c(F)c4F)c4[nH]c1c(F)c4F)C(F)=C3F)C(F)=C2F. The van der Waals surface area contributed by atoms with Gasteiger partial charge in [-0.1, -0.05) is 0 Å². The molecule has 115 heavy (non-hydrogen) atoms. The summed E-state index contributed by atoms with van der Waals surface area (Å²) in [6.07, 6.45) is 0. The fraction of sp³-hybridized carbons (Fsp3) is 0.0152. The number of nitrogens with zero attached hydrogens (tertiary/aromatic N) is 3. The van der Waals surface area contributed by atoms with Crippen LogP contribution in [0.5, 0.6) is 0 Å². The molecule has 7 heterocycles. The van der Waals surface area contributed by atoms with E-state index in [1.165, 1.54) is 0 Å². The summed E-state index contributed by atoms with van der Waals surface area (Å²) in [4.78, 5) is 9.90. The highest BCUT2D eigenvalue weighted by Crippen LogP contribution is 2.53. The van der Waals surface area contributed by atoms with Gasteiger partial charge in [-0.25, -0.2) is 199 Å². The van der Waals surface area contributed by atoms with Crippen LogP contribution >= 0.6 is 0 Å². The van der Waals surface area contributed by atoms with Crippen molar-refractivity contribution in [3.63, 3.8) is 0 Å². The average Bonchev–Trinajstić information content (AvgIpc) is 1.54. The minimum atomic E-state index is -6.24. The summed E-state index contributed by atoms with van der Waals surface area (Å²) in [6.45, 7) is 0. The number of allylic oxidation sites excluding steroid dienone is 5. The molecule has 4 aliphatic rings. The summed E-state index contributed by atoms with van der Waals surface area (Å²) >= 11 is 0. The van der Waals surface area contributed by atoms with Gasteiger partial charge < -0.3 is 20.1 Å². The van der Waals surface area contributed by atoms with Gasteiger partial charge in [-0.2, -0.15) is 0 Å². The lowest BCUT2D eigenvalue weighted by molar-refractivity contribution is 0.132. The molecule has 0 saturated carbocycles. The van der Waals surface area contributed by atoms with Crippen molar-refractivity contribution < 1.29 is 190 Å². The number of nitrogens with one attached hydrogen (secondary N) is 3. The molecule has 598 valence electrons. The number of fused-ring (bicyclic) bond motifs is 9. The summed E-state index contributed by atoms with van der Waals surface area (Å²) in [6, 6.07) is 0. The summed E-state index contributed by atoms with van der Waals surface area (Å²) in [5.41, 5.74) is -76.9. The first-order chi connectivity index (χ1) is 53.5. The Labute approximate surface area is 597 Å². The number of benzene rings is 6. The maximum atomic E-state index is 17.5. The zero-order valence-electron chi connectivity index (χ0n) is 52.2. The van der Waals surface area contributed by atoms with Crippen LogP contribution in [0.2, 0.25) is 0 Å². The average molecular weight is 1690 g/mol. The number of hydrogen-bond acceptors (Lipinski definition) is 4. The first kappa shape index (κ1) is 80.4. The van der Waals surface area contributed by atoms with Crippen LogP contribution in [0, 0.1) is 209 Å². The Hall–Kier alpha value is -12.6. The third kappa shape index (κ3) is 10.7. The van der Waals surface area contributed by atoms with E-state index in [1.807, 2.05) is 0 Å². The normalized spacial score (nSPS) is 19.1. The van der Waals surface area contributed by atoms with E-state index in [-0.39, 0.29) is 0 Å². The second-order valence-electron chi connectivity index (χ2n) is 23.1. The molecule has 12 bridgehead atoms. The highest BCUT2D eigenvalue weighted by Gasteiger charge is 2.55. The maximum absolute atomic E-state index is 17.5. The second kappa shape index (κ2) is 27.0. The van der Waals surface area contributed by atoms with Gasteiger partial charge >= 0.3 is 0 Å². The zero-order valence-corrected chi connectivity index (χ0v) is 52.2. The van der Waals surface area contributed by atoms with Gasteiger partial charge in [0.05, 0.1) is 66.9 Å². The molecule has 7 nitrogen and oxygen atoms in total. The molecule has 1 atom stereocenters. The number of aliphatic hydroxyl groups is 1. The van der Waals surface area contributed by atoms with Gasteiger partial charge in [0, 0.05) is 27.9 Å². The minimum absolute atomic E-state index is 0.581. The number of aromatic amines is 3. The van der Waals surface area contributed by atoms with Gasteiger partial charge in [0.15, 0.2) is 215 Å². The number of aliphatic imine (C=N–C) groups is 3. The first-order valence-electron chi connectivity index (χ1n) is 29.0. The molecular formula is C66H4F42N6O. The van der Waals surface area contributed by atoms with E-state index in [1.54, 1.807) is 0 Å². The molecule has 49 heteroatoms. The van der Waals surface area contributed by atoms with Crippen LogP contribution in [-0.2, 0) is 5.60 Å². The van der Waals surface area contributed by atoms with Gasteiger partial charge in [0.2, 0.25) is 34.9 Å². The third-order valence-electron chi connectivity index (χ3n) is 17.2. The lowest BCUT2D eigenvalue weighted by Gasteiger charge is -2.29. The quantitative estimate of drug-likeness (QED) is 0.0743. The number of H-pyrrole nitrogens is 3. The molecule has 0 spiro atoms. The van der Waals surface area contributed by atoms with Crippen molar-refractivity contribution in [2.75, 3.05) is 0 Å². The van der Waals surface area contributed by atoms with E-state index >= 15 is 158 Å². The predicted molar refractivity (Wildman–Crippen MR) is 295 cm³/mol. The maximum Gasteiger partial charge on any atom is 0.200 e. The van der Waals surface area contributed by atoms with Crippen molar-refractivity contribution in [1.82, 2.24) is 15.0 Å². The molecule has 9 aromatic rings. The Morgan fingerprint density at radius 3 is 0.687 bits per heavy atom. The molecule has 1 unspecified atom stereocenters. The molecule has 0 amide bonds. The number of hydrogen-bond donors (Lipinski definition) is 4. The molecule has 6 aromatic carbocycles. The molecule has 0 aliphatic carbocycles. The summed E-state index contributed by atoms with van der Waals surface area (Å²) < 4.78 is 684. The van der Waals surface area contributed by atoms with E-state index in [9.17, 15) is 31.4 Å². The third-order valence-corrected chi connectivity index (χ3v) is 17.2. The monoisotopic (exact) mass is 1690 g/mol. The number of aromatic nitrogens is 3. The molecule has 4 aliphatic heterocycles. The Balaban J connectivity index is 1.39. The van der Waals surface area contributed by atoms with Gasteiger partial charge in [0.25, 0.3) is 0 Å². The van der Waals surface area contributed by atoms with Crippen LogP contribution < -0.4 is 10.7 Å². The van der Waals surface area contributed by atoms with Gasteiger partial charge in [0.1, 0.15) is 34.2 Å². The molecular weight excluding hydrogens is 1690 g/mol. The van der Waals surface area contributed by atoms with Gasteiger partial charge in [-0.05, 0) is 0 Å². The number of rotatable bonds is 6. The Kier molecular flexibility index (Phi) is 18.9. The molecule has 3 aromatic heterocycles. The standard InChI is InChI=1S/C66H4F42N6O/c67-12-1(13(68)25(80)36(91)24(12)79)6-54-42(97)44(99)56(109-54)7(2-14(69)26(81)37(92)27(82)15(2)70)58-46(101)48(103)60(111-58)9(4-18(73)30(85)39(94)31(86)19(4)74)62-50(105)52(107)64(113-62)66(115,11-22(77)34(89)41(96)35(90)23(11)78)65-53(108)51(106)63(114-65)10(5-20(75)32(87)40(95)33(88)21(5)76)61-49(104)47(102)59(112-61)8(57-45(100)43(98)55(6)110-57)3-16(71)28(83)38(93)29(84)17(3)72/h109,112-113,115H/b54-6-,56-7-,57-8-,60-9-,63-10-. The molecule has 0 saturated heterocycles. The van der Waals surface area contributed by atoms with Crippen molar-refractivity contribution in [2.45, 2.75) is 5.60 Å². The van der Waals surface area contributed by atoms with E-state index in [4.69, 9.17) is 0 Å². The highest BCUT2D eigenvalue weighted by molar-refractivity contribution is 6.34. The fourth-order valence-corrected chi connectivity index (χ4v) is 12.0. The van der Waals surface area contributed by atoms with Crippen LogP contribution in [0.3, 0.4) is 0 Å². The van der Waals surface area contributed by atoms with Crippen LogP contribution in [0.4, 0.5) is 184 Å². The smallest absolute Gasteiger partial charge is 0.200 e. The minimum Gasteiger partial charge on any atom is -0.373 e. The Morgan fingerprint density at radius 2 is 0.409 bits per heavy atom. The van der Waals surface area contributed by atoms with Crippen LogP contribution in [0.1, 0.15) is 56.2 Å². The van der Waals surface area contributed by atoms with Crippen molar-refractivity contribution >= 4 is 45.0 Å². The van der Waals surface area contributed by atoms with E-state index < -0.39 is 379 Å². The molecule has 0 radical (unpaired) electrons. The largest absolute Gasteiger partial charge is 0.373 e. The van der Waals surface area contributed by atoms with Crippen molar-refractivity contribution in [3.05, 3.63) is 328 Å². The first-order valence-corrected chi connectivity index (χ1v) is 29.0. The Bertz CT molecular complexity index is 6440. The van der Waals surface area contributed by atoms with Crippen LogP contribution in [0.15, 0.2) is 67.0 Å². The van der Waals surface area contributed by atoms with Crippen molar-refractivity contribution in [2.24, 2.45) is 15.0 Å². The lowest BCUT2D eigenvalue weighted by Crippen LogP contribution is -2.41. The second-order valence-corrected chi connectivity index (χ2v) is 23.1. The molecule has 4 N–H and O–H groups in total. The van der Waals surface area contributed by atoms with E-state index in [2.05, 4.69) is 15.0 Å². The molecule has 0 fully saturated rings.